The van der Waals surface area contributed by atoms with E-state index in [9.17, 15) is 4.79 Å². The number of nitrogens with one attached hydrogen (secondary N) is 1. The normalized spacial score (nSPS) is 12.2. The van der Waals surface area contributed by atoms with Crippen LogP contribution in [0.2, 0.25) is 5.02 Å². The molecule has 82 valence electrons. The molecule has 0 saturated carbocycles. The minimum absolute atomic E-state index is 0.0792. The summed E-state index contributed by atoms with van der Waals surface area (Å²) in [5.41, 5.74) is 0.613. The molecule has 0 aromatic heterocycles. The summed E-state index contributed by atoms with van der Waals surface area (Å²) in [5, 5.41) is 3.49. The number of benzene rings is 1. The van der Waals surface area contributed by atoms with Crippen molar-refractivity contribution in [2.75, 3.05) is 6.54 Å². The first-order valence-electron chi connectivity index (χ1n) is 4.77. The van der Waals surface area contributed by atoms with Crippen LogP contribution in [0.15, 0.2) is 24.3 Å². The molecule has 0 bridgehead atoms. The quantitative estimate of drug-likeness (QED) is 0.812. The monoisotopic (exact) mass is 245 g/mol. The fraction of sp³-hybridized carbons (Fsp3) is 0.364. The zero-order valence-corrected chi connectivity index (χ0v) is 9.98. The number of carbonyl (C=O) groups excluding carboxylic acids is 1. The van der Waals surface area contributed by atoms with Gasteiger partial charge < -0.3 is 5.32 Å². The first kappa shape index (κ1) is 12.3. The average molecular weight is 246 g/mol. The van der Waals surface area contributed by atoms with E-state index in [1.54, 1.807) is 24.3 Å². The van der Waals surface area contributed by atoms with Crippen molar-refractivity contribution in [3.63, 3.8) is 0 Å². The van der Waals surface area contributed by atoms with E-state index < -0.39 is 0 Å². The van der Waals surface area contributed by atoms with Crippen molar-refractivity contribution in [2.24, 2.45) is 0 Å². The molecular formula is C11H13Cl2NO. The average Bonchev–Trinajstić information content (AvgIpc) is 2.18. The van der Waals surface area contributed by atoms with Crippen LogP contribution in [0.3, 0.4) is 0 Å². The van der Waals surface area contributed by atoms with E-state index in [1.165, 1.54) is 0 Å². The van der Waals surface area contributed by atoms with Crippen LogP contribution in [0.1, 0.15) is 23.7 Å². The third-order valence-corrected chi connectivity index (χ3v) is 2.40. The van der Waals surface area contributed by atoms with E-state index in [2.05, 4.69) is 5.32 Å². The van der Waals surface area contributed by atoms with Gasteiger partial charge >= 0.3 is 0 Å². The summed E-state index contributed by atoms with van der Waals surface area (Å²) < 4.78 is 0. The Kier molecular flexibility index (Phi) is 4.92. The summed E-state index contributed by atoms with van der Waals surface area (Å²) in [6.45, 7) is 2.49. The molecule has 0 spiro atoms. The minimum Gasteiger partial charge on any atom is -0.352 e. The van der Waals surface area contributed by atoms with Crippen LogP contribution in [0.25, 0.3) is 0 Å². The third kappa shape index (κ3) is 4.54. The van der Waals surface area contributed by atoms with Gasteiger partial charge in [-0.3, -0.25) is 4.79 Å². The van der Waals surface area contributed by atoms with Gasteiger partial charge in [-0.2, -0.15) is 0 Å². The van der Waals surface area contributed by atoms with Crippen LogP contribution in [0.4, 0.5) is 0 Å². The first-order chi connectivity index (χ1) is 7.09. The Labute approximate surface area is 99.6 Å². The number of alkyl halides is 1. The molecule has 1 rings (SSSR count). The van der Waals surface area contributed by atoms with E-state index >= 15 is 0 Å². The maximum absolute atomic E-state index is 11.5. The Morgan fingerprint density at radius 3 is 2.53 bits per heavy atom. The highest BCUT2D eigenvalue weighted by Crippen LogP contribution is 2.09. The van der Waals surface area contributed by atoms with Gasteiger partial charge in [0.05, 0.1) is 0 Å². The van der Waals surface area contributed by atoms with E-state index in [1.807, 2.05) is 6.92 Å². The van der Waals surface area contributed by atoms with Gasteiger partial charge in [0.25, 0.3) is 5.91 Å². The molecule has 0 fully saturated rings. The molecular weight excluding hydrogens is 233 g/mol. The Hall–Kier alpha value is -0.730. The number of halogens is 2. The van der Waals surface area contributed by atoms with Crippen LogP contribution in [-0.2, 0) is 0 Å². The summed E-state index contributed by atoms with van der Waals surface area (Å²) >= 11 is 11.5. The van der Waals surface area contributed by atoms with Crippen molar-refractivity contribution in [1.29, 1.82) is 0 Å². The van der Waals surface area contributed by atoms with E-state index in [-0.39, 0.29) is 11.3 Å². The highest BCUT2D eigenvalue weighted by atomic mass is 35.5. The second kappa shape index (κ2) is 5.99. The largest absolute Gasteiger partial charge is 0.352 e. The van der Waals surface area contributed by atoms with Gasteiger partial charge in [-0.1, -0.05) is 11.6 Å². The molecule has 15 heavy (non-hydrogen) atoms. The Morgan fingerprint density at radius 2 is 2.00 bits per heavy atom. The lowest BCUT2D eigenvalue weighted by molar-refractivity contribution is 0.0953. The predicted molar refractivity (Wildman–Crippen MR) is 63.7 cm³/mol. The maximum atomic E-state index is 11.5. The summed E-state index contributed by atoms with van der Waals surface area (Å²) in [7, 11) is 0. The smallest absolute Gasteiger partial charge is 0.251 e. The predicted octanol–water partition coefficient (Wildman–Crippen LogP) is 3.09. The molecule has 1 unspecified atom stereocenters. The van der Waals surface area contributed by atoms with Crippen molar-refractivity contribution < 1.29 is 4.79 Å². The Balaban J connectivity index is 2.43. The Bertz CT molecular complexity index is 322. The van der Waals surface area contributed by atoms with Gasteiger partial charge in [0.1, 0.15) is 0 Å². The van der Waals surface area contributed by atoms with Gasteiger partial charge in [-0.15, -0.1) is 11.6 Å². The zero-order valence-electron chi connectivity index (χ0n) is 8.47. The van der Waals surface area contributed by atoms with E-state index in [0.29, 0.717) is 17.1 Å². The molecule has 1 aromatic carbocycles. The standard InChI is InChI=1S/C11H13Cl2NO/c1-8(12)6-7-14-11(15)9-2-4-10(13)5-3-9/h2-5,8H,6-7H2,1H3,(H,14,15). The van der Waals surface area contributed by atoms with Crippen molar-refractivity contribution in [3.8, 4) is 0 Å². The van der Waals surface area contributed by atoms with Crippen LogP contribution in [-0.4, -0.2) is 17.8 Å². The van der Waals surface area contributed by atoms with E-state index in [0.717, 1.165) is 6.42 Å². The van der Waals surface area contributed by atoms with Gasteiger partial charge in [0.15, 0.2) is 0 Å². The summed E-state index contributed by atoms with van der Waals surface area (Å²) in [6.07, 6.45) is 0.765. The molecule has 1 aromatic rings. The lowest BCUT2D eigenvalue weighted by Gasteiger charge is -2.06. The summed E-state index contributed by atoms with van der Waals surface area (Å²) in [6, 6.07) is 6.78. The number of carbonyl (C=O) groups is 1. The lowest BCUT2D eigenvalue weighted by atomic mass is 10.2. The molecule has 0 saturated heterocycles. The topological polar surface area (TPSA) is 29.1 Å². The van der Waals surface area contributed by atoms with Gasteiger partial charge in [0.2, 0.25) is 0 Å². The fourth-order valence-corrected chi connectivity index (χ4v) is 1.32. The number of rotatable bonds is 4. The second-order valence-corrected chi connectivity index (χ2v) is 4.51. The number of hydrogen-bond acceptors (Lipinski definition) is 1. The van der Waals surface area contributed by atoms with Crippen molar-refractivity contribution >= 4 is 29.1 Å². The molecule has 4 heteroatoms. The van der Waals surface area contributed by atoms with E-state index in [4.69, 9.17) is 23.2 Å². The SMILES string of the molecule is CC(Cl)CCNC(=O)c1ccc(Cl)cc1. The molecule has 0 aliphatic carbocycles. The zero-order chi connectivity index (χ0) is 11.3. The Morgan fingerprint density at radius 1 is 1.40 bits per heavy atom. The molecule has 1 N–H and O–H groups in total. The number of hydrogen-bond donors (Lipinski definition) is 1. The highest BCUT2D eigenvalue weighted by Gasteiger charge is 2.04. The maximum Gasteiger partial charge on any atom is 0.251 e. The molecule has 0 radical (unpaired) electrons. The highest BCUT2D eigenvalue weighted by molar-refractivity contribution is 6.30. The summed E-state index contributed by atoms with van der Waals surface area (Å²) in [5.74, 6) is -0.0935. The van der Waals surface area contributed by atoms with Gasteiger partial charge in [-0.25, -0.2) is 0 Å². The van der Waals surface area contributed by atoms with Crippen LogP contribution in [0.5, 0.6) is 0 Å². The van der Waals surface area contributed by atoms with Crippen molar-refractivity contribution in [1.82, 2.24) is 5.32 Å². The van der Waals surface area contributed by atoms with Crippen LogP contribution in [0, 0.1) is 0 Å². The van der Waals surface area contributed by atoms with Crippen LogP contribution >= 0.6 is 23.2 Å². The minimum atomic E-state index is -0.0935. The molecule has 0 heterocycles. The van der Waals surface area contributed by atoms with Crippen LogP contribution < -0.4 is 5.32 Å². The third-order valence-electron chi connectivity index (χ3n) is 1.93. The van der Waals surface area contributed by atoms with Crippen molar-refractivity contribution in [3.05, 3.63) is 34.9 Å². The molecule has 0 aliphatic rings. The fourth-order valence-electron chi connectivity index (χ4n) is 1.09. The first-order valence-corrected chi connectivity index (χ1v) is 5.59. The molecule has 1 amide bonds. The van der Waals surface area contributed by atoms with Gasteiger partial charge in [0, 0.05) is 22.5 Å². The van der Waals surface area contributed by atoms with Gasteiger partial charge in [-0.05, 0) is 37.6 Å². The second-order valence-electron chi connectivity index (χ2n) is 3.33. The number of amides is 1. The summed E-state index contributed by atoms with van der Waals surface area (Å²) in [4.78, 5) is 11.5. The lowest BCUT2D eigenvalue weighted by Crippen LogP contribution is -2.25. The van der Waals surface area contributed by atoms with Crippen molar-refractivity contribution in [2.45, 2.75) is 18.7 Å². The molecule has 2 nitrogen and oxygen atoms in total. The molecule has 1 atom stereocenters. The molecule has 0 aliphatic heterocycles.